The molecule has 2 amide bonds. The van der Waals surface area contributed by atoms with E-state index in [9.17, 15) is 9.59 Å². The number of hydrogen-bond acceptors (Lipinski definition) is 5. The molecule has 7 heteroatoms. The van der Waals surface area contributed by atoms with E-state index in [4.69, 9.17) is 4.74 Å². The average molecular weight is 379 g/mol. The number of benzene rings is 2. The lowest BCUT2D eigenvalue weighted by molar-refractivity contribution is -0.115. The van der Waals surface area contributed by atoms with Crippen LogP contribution in [0.1, 0.15) is 20.9 Å². The van der Waals surface area contributed by atoms with E-state index < -0.39 is 0 Å². The molecule has 1 aromatic heterocycles. The Hall–Kier alpha value is -3.19. The van der Waals surface area contributed by atoms with Crippen LogP contribution in [0.5, 0.6) is 5.75 Å². The minimum Gasteiger partial charge on any atom is -0.497 e. The van der Waals surface area contributed by atoms with Crippen molar-refractivity contribution in [2.75, 3.05) is 12.4 Å². The molecule has 4 rings (SSSR count). The molecule has 27 heavy (non-hydrogen) atoms. The summed E-state index contributed by atoms with van der Waals surface area (Å²) in [6, 6.07) is 12.8. The number of rotatable bonds is 5. The van der Waals surface area contributed by atoms with Crippen molar-refractivity contribution in [3.8, 4) is 17.0 Å². The summed E-state index contributed by atoms with van der Waals surface area (Å²) in [5.74, 6) is 0.571. The standard InChI is InChI=1S/C20H17N3O3S/c1-26-15-5-2-12(3-6-15)20(25)21-10-19-23-17(11-27-19)13-4-7-16-14(8-13)9-18(24)22-16/h2-8,11H,9-10H2,1H3,(H,21,25)(H,22,24). The molecular formula is C20H17N3O3S. The molecule has 0 spiro atoms. The van der Waals surface area contributed by atoms with Crippen molar-refractivity contribution in [2.45, 2.75) is 13.0 Å². The van der Waals surface area contributed by atoms with Crippen molar-refractivity contribution in [2.24, 2.45) is 0 Å². The summed E-state index contributed by atoms with van der Waals surface area (Å²) < 4.78 is 5.09. The number of anilines is 1. The number of aromatic nitrogens is 1. The van der Waals surface area contributed by atoms with Crippen LogP contribution in [0.3, 0.4) is 0 Å². The fourth-order valence-corrected chi connectivity index (χ4v) is 3.66. The first-order valence-corrected chi connectivity index (χ1v) is 9.30. The summed E-state index contributed by atoms with van der Waals surface area (Å²) >= 11 is 1.49. The van der Waals surface area contributed by atoms with E-state index in [1.54, 1.807) is 31.4 Å². The highest BCUT2D eigenvalue weighted by Crippen LogP contribution is 2.29. The van der Waals surface area contributed by atoms with Gasteiger partial charge >= 0.3 is 0 Å². The second-order valence-electron chi connectivity index (χ2n) is 6.13. The van der Waals surface area contributed by atoms with Gasteiger partial charge in [-0.2, -0.15) is 0 Å². The molecule has 0 atom stereocenters. The van der Waals surface area contributed by atoms with E-state index in [2.05, 4.69) is 15.6 Å². The average Bonchev–Trinajstić information content (AvgIpc) is 3.31. The lowest BCUT2D eigenvalue weighted by Gasteiger charge is -2.04. The van der Waals surface area contributed by atoms with E-state index in [0.717, 1.165) is 27.5 Å². The Morgan fingerprint density at radius 2 is 2.07 bits per heavy atom. The van der Waals surface area contributed by atoms with Gasteiger partial charge in [-0.15, -0.1) is 11.3 Å². The molecule has 0 fully saturated rings. The van der Waals surface area contributed by atoms with Crippen LogP contribution < -0.4 is 15.4 Å². The normalized spacial score (nSPS) is 12.4. The number of carbonyl (C=O) groups excluding carboxylic acids is 2. The highest BCUT2D eigenvalue weighted by molar-refractivity contribution is 7.09. The van der Waals surface area contributed by atoms with Gasteiger partial charge in [0.2, 0.25) is 5.91 Å². The van der Waals surface area contributed by atoms with E-state index in [1.807, 2.05) is 23.6 Å². The molecule has 2 aromatic carbocycles. The molecule has 0 saturated carbocycles. The van der Waals surface area contributed by atoms with Gasteiger partial charge in [-0.05, 0) is 42.0 Å². The summed E-state index contributed by atoms with van der Waals surface area (Å²) in [5, 5.41) is 8.48. The quantitative estimate of drug-likeness (QED) is 0.713. The van der Waals surface area contributed by atoms with Crippen molar-refractivity contribution in [1.82, 2.24) is 10.3 Å². The molecule has 2 heterocycles. The van der Waals surface area contributed by atoms with Crippen molar-refractivity contribution in [3.05, 3.63) is 64.0 Å². The maximum Gasteiger partial charge on any atom is 0.251 e. The van der Waals surface area contributed by atoms with Crippen molar-refractivity contribution in [1.29, 1.82) is 0 Å². The predicted molar refractivity (Wildman–Crippen MR) is 104 cm³/mol. The van der Waals surface area contributed by atoms with Gasteiger partial charge in [-0.25, -0.2) is 4.98 Å². The molecule has 3 aromatic rings. The third-order valence-electron chi connectivity index (χ3n) is 4.33. The van der Waals surface area contributed by atoms with Gasteiger partial charge in [0.25, 0.3) is 5.91 Å². The van der Waals surface area contributed by atoms with Crippen molar-refractivity contribution >= 4 is 28.8 Å². The van der Waals surface area contributed by atoms with Crippen LogP contribution in [0.4, 0.5) is 5.69 Å². The number of ether oxygens (including phenoxy) is 1. The number of nitrogens with one attached hydrogen (secondary N) is 2. The van der Waals surface area contributed by atoms with E-state index in [1.165, 1.54) is 11.3 Å². The van der Waals surface area contributed by atoms with Gasteiger partial charge < -0.3 is 15.4 Å². The predicted octanol–water partition coefficient (Wildman–Crippen LogP) is 3.24. The maximum atomic E-state index is 12.2. The summed E-state index contributed by atoms with van der Waals surface area (Å²) in [4.78, 5) is 28.3. The zero-order valence-corrected chi connectivity index (χ0v) is 15.4. The van der Waals surface area contributed by atoms with Gasteiger partial charge in [0.1, 0.15) is 10.8 Å². The fraction of sp³-hybridized carbons (Fsp3) is 0.150. The van der Waals surface area contributed by atoms with Crippen LogP contribution in [0.25, 0.3) is 11.3 Å². The maximum absolute atomic E-state index is 12.2. The minimum atomic E-state index is -0.156. The Morgan fingerprint density at radius 1 is 1.26 bits per heavy atom. The Balaban J connectivity index is 1.41. The van der Waals surface area contributed by atoms with Crippen LogP contribution >= 0.6 is 11.3 Å². The molecule has 6 nitrogen and oxygen atoms in total. The zero-order chi connectivity index (χ0) is 18.8. The summed E-state index contributed by atoms with van der Waals surface area (Å²) in [5.41, 5.74) is 4.24. The molecule has 0 radical (unpaired) electrons. The van der Waals surface area contributed by atoms with Gasteiger partial charge in [0, 0.05) is 22.2 Å². The first-order chi connectivity index (χ1) is 13.1. The minimum absolute atomic E-state index is 0.0161. The molecule has 0 aliphatic carbocycles. The van der Waals surface area contributed by atoms with Crippen LogP contribution in [-0.2, 0) is 17.8 Å². The van der Waals surface area contributed by atoms with Crippen LogP contribution in [0.15, 0.2) is 47.8 Å². The summed E-state index contributed by atoms with van der Waals surface area (Å²) in [7, 11) is 1.59. The number of carbonyl (C=O) groups is 2. The van der Waals surface area contributed by atoms with Gasteiger partial charge in [-0.1, -0.05) is 6.07 Å². The molecule has 1 aliphatic rings. The largest absolute Gasteiger partial charge is 0.497 e. The second kappa shape index (κ2) is 7.20. The highest BCUT2D eigenvalue weighted by Gasteiger charge is 2.18. The fourth-order valence-electron chi connectivity index (χ4n) is 2.91. The van der Waals surface area contributed by atoms with Crippen LogP contribution in [-0.4, -0.2) is 23.9 Å². The Labute approximate surface area is 160 Å². The molecule has 2 N–H and O–H groups in total. The number of fused-ring (bicyclic) bond motifs is 1. The molecule has 0 saturated heterocycles. The number of hydrogen-bond donors (Lipinski definition) is 2. The monoisotopic (exact) mass is 379 g/mol. The van der Waals surface area contributed by atoms with Crippen molar-refractivity contribution < 1.29 is 14.3 Å². The number of amides is 2. The first-order valence-electron chi connectivity index (χ1n) is 8.42. The molecule has 0 bridgehead atoms. The van der Waals surface area contributed by atoms with Gasteiger partial charge in [0.15, 0.2) is 0 Å². The summed E-state index contributed by atoms with van der Waals surface area (Å²) in [6.07, 6.45) is 0.401. The Bertz CT molecular complexity index is 1010. The lowest BCUT2D eigenvalue weighted by atomic mass is 10.1. The number of thiazole rings is 1. The smallest absolute Gasteiger partial charge is 0.251 e. The molecular weight excluding hydrogens is 362 g/mol. The summed E-state index contributed by atoms with van der Waals surface area (Å²) in [6.45, 7) is 0.362. The van der Waals surface area contributed by atoms with Gasteiger partial charge in [0.05, 0.1) is 25.8 Å². The third-order valence-corrected chi connectivity index (χ3v) is 5.18. The Morgan fingerprint density at radius 3 is 2.85 bits per heavy atom. The topological polar surface area (TPSA) is 80.3 Å². The lowest BCUT2D eigenvalue weighted by Crippen LogP contribution is -2.22. The number of methoxy groups -OCH3 is 1. The first kappa shape index (κ1) is 17.2. The van der Waals surface area contributed by atoms with E-state index in [-0.39, 0.29) is 11.8 Å². The molecule has 1 aliphatic heterocycles. The third kappa shape index (κ3) is 3.68. The molecule has 136 valence electrons. The Kier molecular flexibility index (Phi) is 4.60. The van der Waals surface area contributed by atoms with Crippen molar-refractivity contribution in [3.63, 3.8) is 0 Å². The van der Waals surface area contributed by atoms with E-state index in [0.29, 0.717) is 24.3 Å². The SMILES string of the molecule is COc1ccc(C(=O)NCc2nc(-c3ccc4c(c3)CC(=O)N4)cs2)cc1. The van der Waals surface area contributed by atoms with E-state index >= 15 is 0 Å². The van der Waals surface area contributed by atoms with Crippen LogP contribution in [0, 0.1) is 0 Å². The zero-order valence-electron chi connectivity index (χ0n) is 14.6. The second-order valence-corrected chi connectivity index (χ2v) is 7.08. The highest BCUT2D eigenvalue weighted by atomic mass is 32.1. The van der Waals surface area contributed by atoms with Gasteiger partial charge in [-0.3, -0.25) is 9.59 Å². The number of nitrogens with zero attached hydrogens (tertiary/aromatic N) is 1. The molecule has 0 unspecified atom stereocenters. The van der Waals surface area contributed by atoms with Crippen LogP contribution in [0.2, 0.25) is 0 Å².